The van der Waals surface area contributed by atoms with Crippen molar-refractivity contribution in [1.82, 2.24) is 15.0 Å². The van der Waals surface area contributed by atoms with E-state index in [9.17, 15) is 0 Å². The van der Waals surface area contributed by atoms with Crippen LogP contribution in [0.1, 0.15) is 12.2 Å². The zero-order valence-electron chi connectivity index (χ0n) is 10.3. The van der Waals surface area contributed by atoms with Crippen molar-refractivity contribution < 1.29 is 9.47 Å². The molecular weight excluding hydrogens is 222 g/mol. The van der Waals surface area contributed by atoms with Gasteiger partial charge in [0.2, 0.25) is 11.9 Å². The Labute approximate surface area is 101 Å². The van der Waals surface area contributed by atoms with E-state index in [1.54, 1.807) is 14.0 Å². The van der Waals surface area contributed by atoms with Gasteiger partial charge in [0.1, 0.15) is 5.82 Å². The van der Waals surface area contributed by atoms with E-state index in [1.165, 1.54) is 0 Å². The summed E-state index contributed by atoms with van der Waals surface area (Å²) in [7, 11) is 1.65. The first kappa shape index (κ1) is 13.6. The topological polar surface area (TPSA) is 95.2 Å². The Morgan fingerprint density at radius 2 is 2.00 bits per heavy atom. The molecule has 0 atom stereocenters. The molecule has 0 spiro atoms. The van der Waals surface area contributed by atoms with Crippen molar-refractivity contribution in [2.45, 2.75) is 13.3 Å². The molecule has 1 aromatic rings. The third kappa shape index (κ3) is 5.98. The van der Waals surface area contributed by atoms with Crippen LogP contribution >= 0.6 is 0 Å². The molecule has 0 unspecified atom stereocenters. The Morgan fingerprint density at radius 1 is 1.18 bits per heavy atom. The monoisotopic (exact) mass is 241 g/mol. The van der Waals surface area contributed by atoms with Crippen LogP contribution in [0.4, 0.5) is 11.9 Å². The van der Waals surface area contributed by atoms with Crippen LogP contribution in [0.25, 0.3) is 0 Å². The highest BCUT2D eigenvalue weighted by molar-refractivity contribution is 5.30. The summed E-state index contributed by atoms with van der Waals surface area (Å²) in [5.41, 5.74) is 5.50. The molecule has 7 nitrogen and oxygen atoms in total. The van der Waals surface area contributed by atoms with Crippen LogP contribution in [-0.4, -0.2) is 48.4 Å². The van der Waals surface area contributed by atoms with E-state index in [4.69, 9.17) is 15.2 Å². The van der Waals surface area contributed by atoms with Gasteiger partial charge >= 0.3 is 0 Å². The minimum atomic E-state index is 0.233. The Hall–Kier alpha value is -1.47. The maximum absolute atomic E-state index is 5.50. The number of nitrogens with zero attached hydrogens (tertiary/aromatic N) is 3. The lowest BCUT2D eigenvalue weighted by Crippen LogP contribution is -2.11. The molecule has 1 aromatic heterocycles. The molecule has 17 heavy (non-hydrogen) atoms. The van der Waals surface area contributed by atoms with Crippen LogP contribution in [0.2, 0.25) is 0 Å². The van der Waals surface area contributed by atoms with Crippen molar-refractivity contribution in [2.75, 3.05) is 44.5 Å². The average molecular weight is 241 g/mol. The van der Waals surface area contributed by atoms with Crippen LogP contribution in [0.5, 0.6) is 0 Å². The number of methoxy groups -OCH3 is 1. The number of hydrogen-bond acceptors (Lipinski definition) is 7. The minimum Gasteiger partial charge on any atom is -0.382 e. The van der Waals surface area contributed by atoms with Crippen LogP contribution < -0.4 is 11.1 Å². The number of ether oxygens (including phenoxy) is 2. The SMILES string of the molecule is COCCOCCCNc1nc(C)nc(N)n1. The maximum Gasteiger partial charge on any atom is 0.227 e. The average Bonchev–Trinajstić information content (AvgIpc) is 2.26. The fraction of sp³-hybridized carbons (Fsp3) is 0.700. The van der Waals surface area contributed by atoms with Crippen molar-refractivity contribution in [3.8, 4) is 0 Å². The summed E-state index contributed by atoms with van der Waals surface area (Å²) in [4.78, 5) is 12.0. The van der Waals surface area contributed by atoms with Gasteiger partial charge in [0.15, 0.2) is 0 Å². The summed E-state index contributed by atoms with van der Waals surface area (Å²) in [5.74, 6) is 1.35. The van der Waals surface area contributed by atoms with Gasteiger partial charge < -0.3 is 20.5 Å². The maximum atomic E-state index is 5.50. The van der Waals surface area contributed by atoms with Crippen LogP contribution in [0.3, 0.4) is 0 Å². The molecule has 3 N–H and O–H groups in total. The van der Waals surface area contributed by atoms with Crippen molar-refractivity contribution in [2.24, 2.45) is 0 Å². The second-order valence-electron chi connectivity index (χ2n) is 3.45. The highest BCUT2D eigenvalue weighted by Gasteiger charge is 1.99. The van der Waals surface area contributed by atoms with E-state index in [2.05, 4.69) is 20.3 Å². The largest absolute Gasteiger partial charge is 0.382 e. The summed E-state index contributed by atoms with van der Waals surface area (Å²) in [6, 6.07) is 0. The molecule has 1 heterocycles. The molecule has 96 valence electrons. The van der Waals surface area contributed by atoms with E-state index in [0.29, 0.717) is 31.6 Å². The molecule has 0 amide bonds. The number of nitrogen functional groups attached to an aromatic ring is 1. The molecule has 0 aromatic carbocycles. The van der Waals surface area contributed by atoms with Crippen molar-refractivity contribution in [3.05, 3.63) is 5.82 Å². The third-order valence-electron chi connectivity index (χ3n) is 1.94. The number of nitrogens with two attached hydrogens (primary N) is 1. The zero-order valence-corrected chi connectivity index (χ0v) is 10.3. The smallest absolute Gasteiger partial charge is 0.227 e. The number of rotatable bonds is 8. The predicted octanol–water partition coefficient (Wildman–Crippen LogP) is 0.227. The van der Waals surface area contributed by atoms with Crippen LogP contribution in [0.15, 0.2) is 0 Å². The first-order valence-corrected chi connectivity index (χ1v) is 5.51. The summed E-state index contributed by atoms with van der Waals surface area (Å²) >= 11 is 0. The first-order valence-electron chi connectivity index (χ1n) is 5.51. The van der Waals surface area contributed by atoms with Crippen molar-refractivity contribution >= 4 is 11.9 Å². The van der Waals surface area contributed by atoms with Gasteiger partial charge in [-0.1, -0.05) is 0 Å². The summed E-state index contributed by atoms with van der Waals surface area (Å²) in [5, 5.41) is 3.06. The molecule has 0 radical (unpaired) electrons. The Balaban J connectivity index is 2.13. The standard InChI is InChI=1S/C10H19N5O2/c1-8-13-9(11)15-10(14-8)12-4-3-5-17-7-6-16-2/h3-7H2,1-2H3,(H3,11,12,13,14,15). The molecular formula is C10H19N5O2. The van der Waals surface area contributed by atoms with Crippen molar-refractivity contribution in [3.63, 3.8) is 0 Å². The number of aryl methyl sites for hydroxylation is 1. The zero-order chi connectivity index (χ0) is 12.5. The lowest BCUT2D eigenvalue weighted by atomic mass is 10.4. The lowest BCUT2D eigenvalue weighted by Gasteiger charge is -2.06. The second-order valence-corrected chi connectivity index (χ2v) is 3.45. The molecule has 1 rings (SSSR count). The van der Waals surface area contributed by atoms with E-state index in [1.807, 2.05) is 0 Å². The fourth-order valence-electron chi connectivity index (χ4n) is 1.20. The van der Waals surface area contributed by atoms with Crippen molar-refractivity contribution in [1.29, 1.82) is 0 Å². The van der Waals surface area contributed by atoms with Gasteiger partial charge in [-0.25, -0.2) is 0 Å². The van der Waals surface area contributed by atoms with Gasteiger partial charge in [-0.3, -0.25) is 0 Å². The number of hydrogen-bond donors (Lipinski definition) is 2. The van der Waals surface area contributed by atoms with Gasteiger partial charge in [0.05, 0.1) is 13.2 Å². The highest BCUT2D eigenvalue weighted by atomic mass is 16.5. The molecule has 0 aliphatic heterocycles. The van der Waals surface area contributed by atoms with Crippen LogP contribution in [-0.2, 0) is 9.47 Å². The van der Waals surface area contributed by atoms with Gasteiger partial charge in [0.25, 0.3) is 0 Å². The van der Waals surface area contributed by atoms with Gasteiger partial charge in [-0.2, -0.15) is 15.0 Å². The summed E-state index contributed by atoms with van der Waals surface area (Å²) in [6.45, 7) is 4.42. The molecule has 7 heteroatoms. The van der Waals surface area contributed by atoms with Gasteiger partial charge in [-0.05, 0) is 13.3 Å². The number of anilines is 2. The molecule has 0 aliphatic carbocycles. The van der Waals surface area contributed by atoms with Crippen LogP contribution in [0, 0.1) is 6.92 Å². The van der Waals surface area contributed by atoms with E-state index in [-0.39, 0.29) is 5.95 Å². The minimum absolute atomic E-state index is 0.233. The van der Waals surface area contributed by atoms with Gasteiger partial charge in [0, 0.05) is 20.3 Å². The van der Waals surface area contributed by atoms with E-state index < -0.39 is 0 Å². The Morgan fingerprint density at radius 3 is 2.71 bits per heavy atom. The predicted molar refractivity (Wildman–Crippen MR) is 64.8 cm³/mol. The summed E-state index contributed by atoms with van der Waals surface area (Å²) in [6.07, 6.45) is 0.869. The third-order valence-corrected chi connectivity index (χ3v) is 1.94. The fourth-order valence-corrected chi connectivity index (χ4v) is 1.20. The van der Waals surface area contributed by atoms with E-state index >= 15 is 0 Å². The summed E-state index contributed by atoms with van der Waals surface area (Å²) < 4.78 is 10.2. The van der Waals surface area contributed by atoms with Gasteiger partial charge in [-0.15, -0.1) is 0 Å². The number of nitrogens with one attached hydrogen (secondary N) is 1. The molecule has 0 fully saturated rings. The second kappa shape index (κ2) is 7.75. The highest BCUT2D eigenvalue weighted by Crippen LogP contribution is 2.01. The Bertz CT molecular complexity index is 314. The first-order chi connectivity index (χ1) is 8.22. The molecule has 0 saturated carbocycles. The molecule has 0 aliphatic rings. The molecule has 0 saturated heterocycles. The quantitative estimate of drug-likeness (QED) is 0.629. The lowest BCUT2D eigenvalue weighted by molar-refractivity contribution is 0.0705. The van der Waals surface area contributed by atoms with E-state index in [0.717, 1.165) is 13.0 Å². The molecule has 0 bridgehead atoms. The normalized spacial score (nSPS) is 10.5. The number of aromatic nitrogens is 3. The Kier molecular flexibility index (Phi) is 6.19.